The summed E-state index contributed by atoms with van der Waals surface area (Å²) in [4.78, 5) is 7.36. The maximum absolute atomic E-state index is 6.24. The summed E-state index contributed by atoms with van der Waals surface area (Å²) in [7, 11) is 7.35. The van der Waals surface area contributed by atoms with Crippen LogP contribution in [0.4, 0.5) is 5.69 Å². The zero-order valence-electron chi connectivity index (χ0n) is 17.7. The summed E-state index contributed by atoms with van der Waals surface area (Å²) >= 11 is 0. The SMILES string of the molecule is CCC(C)O/C(CC(SSc1ccccc1)SSc1ccccc1)=N\c1ccccc1. The van der Waals surface area contributed by atoms with Crippen LogP contribution in [-0.2, 0) is 4.74 Å². The molecule has 0 bridgehead atoms. The van der Waals surface area contributed by atoms with Crippen LogP contribution in [0.1, 0.15) is 26.7 Å². The Labute approximate surface area is 201 Å². The molecule has 0 saturated carbocycles. The van der Waals surface area contributed by atoms with Gasteiger partial charge in [-0.2, -0.15) is 0 Å². The van der Waals surface area contributed by atoms with Crippen molar-refractivity contribution in [3.05, 3.63) is 91.0 Å². The van der Waals surface area contributed by atoms with E-state index in [0.29, 0.717) is 0 Å². The van der Waals surface area contributed by atoms with Crippen molar-refractivity contribution >= 4 is 54.8 Å². The van der Waals surface area contributed by atoms with Crippen molar-refractivity contribution in [2.45, 2.75) is 47.2 Å². The van der Waals surface area contributed by atoms with Gasteiger partial charge >= 0.3 is 0 Å². The molecule has 162 valence electrons. The molecule has 6 heteroatoms. The first kappa shape index (κ1) is 24.2. The van der Waals surface area contributed by atoms with E-state index in [4.69, 9.17) is 9.73 Å². The summed E-state index contributed by atoms with van der Waals surface area (Å²) in [6, 6.07) is 31.1. The second-order valence-electron chi connectivity index (χ2n) is 6.80. The molecular weight excluding hydrogens is 459 g/mol. The van der Waals surface area contributed by atoms with E-state index in [-0.39, 0.29) is 10.7 Å². The molecule has 2 nitrogen and oxygen atoms in total. The number of nitrogens with zero attached hydrogens (tertiary/aromatic N) is 1. The first-order chi connectivity index (χ1) is 15.2. The predicted molar refractivity (Wildman–Crippen MR) is 143 cm³/mol. The maximum atomic E-state index is 6.24. The average molecular weight is 486 g/mol. The van der Waals surface area contributed by atoms with Gasteiger partial charge in [0.1, 0.15) is 0 Å². The molecule has 0 spiro atoms. The lowest BCUT2D eigenvalue weighted by atomic mass is 10.3. The lowest BCUT2D eigenvalue weighted by Crippen LogP contribution is -2.17. The van der Waals surface area contributed by atoms with Crippen LogP contribution < -0.4 is 0 Å². The van der Waals surface area contributed by atoms with Crippen LogP contribution in [0.15, 0.2) is 106 Å². The molecule has 0 radical (unpaired) electrons. The minimum Gasteiger partial charge on any atom is -0.478 e. The van der Waals surface area contributed by atoms with Crippen LogP contribution in [0, 0.1) is 0 Å². The van der Waals surface area contributed by atoms with Crippen molar-refractivity contribution in [3.63, 3.8) is 0 Å². The average Bonchev–Trinajstić information content (AvgIpc) is 2.82. The molecular formula is C25H27NOS4. The summed E-state index contributed by atoms with van der Waals surface area (Å²) in [5, 5.41) is 0. The third-order valence-corrected chi connectivity index (χ3v) is 10.6. The quantitative estimate of drug-likeness (QED) is 0.116. The molecule has 0 aromatic heterocycles. The van der Waals surface area contributed by atoms with Crippen LogP contribution in [0.3, 0.4) is 0 Å². The fraction of sp³-hybridized carbons (Fsp3) is 0.240. The van der Waals surface area contributed by atoms with Crippen LogP contribution in [0.5, 0.6) is 0 Å². The molecule has 3 rings (SSSR count). The lowest BCUT2D eigenvalue weighted by molar-refractivity contribution is 0.198. The fourth-order valence-electron chi connectivity index (χ4n) is 2.48. The second-order valence-corrected chi connectivity index (χ2v) is 12.0. The zero-order valence-corrected chi connectivity index (χ0v) is 21.0. The molecule has 0 aliphatic rings. The number of ether oxygens (including phenoxy) is 1. The molecule has 0 fully saturated rings. The van der Waals surface area contributed by atoms with E-state index >= 15 is 0 Å². The fourth-order valence-corrected chi connectivity index (χ4v) is 8.25. The number of para-hydroxylation sites is 1. The van der Waals surface area contributed by atoms with Gasteiger partial charge in [0, 0.05) is 16.2 Å². The van der Waals surface area contributed by atoms with E-state index in [1.807, 2.05) is 73.5 Å². The van der Waals surface area contributed by atoms with Gasteiger partial charge in [0.2, 0.25) is 0 Å². The monoisotopic (exact) mass is 485 g/mol. The minimum absolute atomic E-state index is 0.140. The van der Waals surface area contributed by atoms with E-state index in [9.17, 15) is 0 Å². The Bertz CT molecular complexity index is 863. The summed E-state index contributed by atoms with van der Waals surface area (Å²) < 4.78 is 6.52. The van der Waals surface area contributed by atoms with E-state index in [0.717, 1.165) is 24.4 Å². The van der Waals surface area contributed by atoms with Crippen LogP contribution in [0.2, 0.25) is 0 Å². The molecule has 0 aliphatic heterocycles. The molecule has 0 aliphatic carbocycles. The van der Waals surface area contributed by atoms with Gasteiger partial charge in [0.15, 0.2) is 5.90 Å². The lowest BCUT2D eigenvalue weighted by Gasteiger charge is -2.19. The van der Waals surface area contributed by atoms with Crippen LogP contribution in [0.25, 0.3) is 0 Å². The Hall–Kier alpha value is -1.47. The van der Waals surface area contributed by atoms with Crippen molar-refractivity contribution in [1.29, 1.82) is 0 Å². The van der Waals surface area contributed by atoms with Gasteiger partial charge in [-0.05, 0) is 49.7 Å². The van der Waals surface area contributed by atoms with E-state index in [1.54, 1.807) is 0 Å². The smallest absolute Gasteiger partial charge is 0.190 e. The maximum Gasteiger partial charge on any atom is 0.190 e. The van der Waals surface area contributed by atoms with Gasteiger partial charge < -0.3 is 4.74 Å². The highest BCUT2D eigenvalue weighted by molar-refractivity contribution is 8.85. The highest BCUT2D eigenvalue weighted by Crippen LogP contribution is 2.47. The van der Waals surface area contributed by atoms with Crippen molar-refractivity contribution < 1.29 is 4.74 Å². The van der Waals surface area contributed by atoms with Crippen molar-refractivity contribution in [2.24, 2.45) is 4.99 Å². The molecule has 0 N–H and O–H groups in total. The van der Waals surface area contributed by atoms with Gasteiger partial charge in [-0.3, -0.25) is 0 Å². The summed E-state index contributed by atoms with van der Waals surface area (Å²) in [6.07, 6.45) is 1.85. The topological polar surface area (TPSA) is 21.6 Å². The van der Waals surface area contributed by atoms with Gasteiger partial charge in [0.05, 0.1) is 16.4 Å². The van der Waals surface area contributed by atoms with Gasteiger partial charge in [0.25, 0.3) is 0 Å². The number of rotatable bonds is 11. The summed E-state index contributed by atoms with van der Waals surface area (Å²) in [6.45, 7) is 4.25. The highest BCUT2D eigenvalue weighted by atomic mass is 33.1. The van der Waals surface area contributed by atoms with Gasteiger partial charge in [-0.15, -0.1) is 0 Å². The van der Waals surface area contributed by atoms with Crippen LogP contribution >= 0.6 is 43.2 Å². The van der Waals surface area contributed by atoms with Gasteiger partial charge in [-0.1, -0.05) is 105 Å². The second kappa shape index (κ2) is 13.8. The third-order valence-electron chi connectivity index (χ3n) is 4.25. The standard InChI is InChI=1S/C25H27NOS4/c1-3-20(2)27-24(26-21-13-7-4-8-14-21)19-25(30-28-22-15-9-5-10-16-22)31-29-23-17-11-6-12-18-23/h4-18,20,25H,3,19H2,1-2H3/b26-24-. The highest BCUT2D eigenvalue weighted by Gasteiger charge is 2.18. The molecule has 31 heavy (non-hydrogen) atoms. The van der Waals surface area contributed by atoms with E-state index in [2.05, 4.69) is 74.5 Å². The largest absolute Gasteiger partial charge is 0.478 e. The number of benzene rings is 3. The summed E-state index contributed by atoms with van der Waals surface area (Å²) in [5.41, 5.74) is 0.931. The van der Waals surface area contributed by atoms with Crippen molar-refractivity contribution in [3.8, 4) is 0 Å². The molecule has 1 atom stereocenters. The molecule has 0 heterocycles. The van der Waals surface area contributed by atoms with E-state index in [1.165, 1.54) is 9.79 Å². The van der Waals surface area contributed by atoms with Crippen LogP contribution in [-0.4, -0.2) is 16.6 Å². The Morgan fingerprint density at radius 1 is 0.774 bits per heavy atom. The molecule has 1 unspecified atom stereocenters. The zero-order chi connectivity index (χ0) is 21.7. The first-order valence-corrected chi connectivity index (χ1v) is 14.7. The Balaban J connectivity index is 1.74. The Kier molecular flexibility index (Phi) is 10.8. The molecule has 3 aromatic rings. The number of hydrogen-bond donors (Lipinski definition) is 0. The van der Waals surface area contributed by atoms with Crippen molar-refractivity contribution in [1.82, 2.24) is 0 Å². The third kappa shape index (κ3) is 9.27. The molecule has 0 saturated heterocycles. The van der Waals surface area contributed by atoms with E-state index < -0.39 is 0 Å². The number of hydrogen-bond acceptors (Lipinski definition) is 6. The first-order valence-electron chi connectivity index (χ1n) is 10.3. The minimum atomic E-state index is 0.140. The predicted octanol–water partition coefficient (Wildman–Crippen LogP) is 9.13. The normalized spacial score (nSPS) is 12.7. The Morgan fingerprint density at radius 2 is 1.26 bits per heavy atom. The Morgan fingerprint density at radius 3 is 1.74 bits per heavy atom. The number of aliphatic imine (C=N–C) groups is 1. The summed E-state index contributed by atoms with van der Waals surface area (Å²) in [5.74, 6) is 0.799. The molecule has 0 amide bonds. The molecule has 3 aromatic carbocycles. The van der Waals surface area contributed by atoms with Gasteiger partial charge in [-0.25, -0.2) is 4.99 Å². The van der Waals surface area contributed by atoms with Crippen molar-refractivity contribution in [2.75, 3.05) is 0 Å².